The second kappa shape index (κ2) is 5.20. The maximum atomic E-state index is 10.6. The average molecular weight is 206 g/mol. The lowest BCUT2D eigenvalue weighted by atomic mass is 10.0. The summed E-state index contributed by atoms with van der Waals surface area (Å²) in [4.78, 5) is 14.4. The summed E-state index contributed by atoms with van der Waals surface area (Å²) in [7, 11) is 0. The smallest absolute Gasteiger partial charge is 0.150 e. The van der Waals surface area contributed by atoms with Crippen molar-refractivity contribution in [2.75, 3.05) is 0 Å². The molecule has 1 heterocycles. The van der Waals surface area contributed by atoms with Crippen LogP contribution >= 0.6 is 0 Å². The van der Waals surface area contributed by atoms with Crippen molar-refractivity contribution in [3.05, 3.63) is 29.6 Å². The maximum absolute atomic E-state index is 10.6. The van der Waals surface area contributed by atoms with Gasteiger partial charge in [-0.05, 0) is 6.07 Å². The van der Waals surface area contributed by atoms with E-state index in [1.54, 1.807) is 6.07 Å². The minimum absolute atomic E-state index is 0.200. The zero-order chi connectivity index (χ0) is 11.3. The van der Waals surface area contributed by atoms with Crippen LogP contribution in [0.3, 0.4) is 0 Å². The van der Waals surface area contributed by atoms with Crippen LogP contribution in [0.15, 0.2) is 18.5 Å². The van der Waals surface area contributed by atoms with E-state index >= 15 is 0 Å². The van der Waals surface area contributed by atoms with Gasteiger partial charge < -0.3 is 10.2 Å². The van der Waals surface area contributed by atoms with Crippen molar-refractivity contribution in [2.45, 2.75) is 18.6 Å². The molecule has 5 nitrogen and oxygen atoms in total. The van der Waals surface area contributed by atoms with Gasteiger partial charge in [-0.25, -0.2) is 0 Å². The normalized spacial score (nSPS) is 13.9. The molecule has 15 heavy (non-hydrogen) atoms. The van der Waals surface area contributed by atoms with E-state index in [1.807, 2.05) is 0 Å². The molecular formula is C10H10N2O3. The Hall–Kier alpha value is -1.77. The van der Waals surface area contributed by atoms with Crippen LogP contribution in [0.1, 0.15) is 28.4 Å². The Kier molecular flexibility index (Phi) is 3.92. The van der Waals surface area contributed by atoms with E-state index in [0.717, 1.165) is 0 Å². The van der Waals surface area contributed by atoms with E-state index in [1.165, 1.54) is 18.5 Å². The Morgan fingerprint density at radius 2 is 2.33 bits per heavy atom. The molecule has 5 heteroatoms. The fourth-order valence-corrected chi connectivity index (χ4v) is 1.18. The minimum atomic E-state index is -1.27. The molecule has 0 amide bonds. The number of pyridine rings is 1. The third-order valence-corrected chi connectivity index (χ3v) is 2.00. The van der Waals surface area contributed by atoms with Crippen LogP contribution in [0.5, 0.6) is 0 Å². The van der Waals surface area contributed by atoms with Crippen LogP contribution in [0.2, 0.25) is 0 Å². The number of nitrogens with zero attached hydrogens (tertiary/aromatic N) is 2. The van der Waals surface area contributed by atoms with Crippen LogP contribution in [-0.4, -0.2) is 27.6 Å². The maximum Gasteiger partial charge on any atom is 0.150 e. The molecule has 1 aromatic heterocycles. The van der Waals surface area contributed by atoms with Crippen molar-refractivity contribution >= 4 is 6.29 Å². The quantitative estimate of drug-likeness (QED) is 0.686. The average Bonchev–Trinajstić information content (AvgIpc) is 2.28. The number of aromatic nitrogens is 1. The number of rotatable bonds is 4. The Balaban J connectivity index is 2.95. The molecule has 0 saturated heterocycles. The van der Waals surface area contributed by atoms with Crippen molar-refractivity contribution < 1.29 is 15.0 Å². The van der Waals surface area contributed by atoms with Crippen molar-refractivity contribution in [3.63, 3.8) is 0 Å². The zero-order valence-corrected chi connectivity index (χ0v) is 7.87. The monoisotopic (exact) mass is 206 g/mol. The minimum Gasteiger partial charge on any atom is -0.389 e. The molecule has 0 bridgehead atoms. The van der Waals surface area contributed by atoms with Crippen molar-refractivity contribution in [1.29, 1.82) is 5.26 Å². The van der Waals surface area contributed by atoms with Gasteiger partial charge in [-0.2, -0.15) is 5.26 Å². The Labute approximate surface area is 86.6 Å². The molecular weight excluding hydrogens is 196 g/mol. The third kappa shape index (κ3) is 2.59. The lowest BCUT2D eigenvalue weighted by molar-refractivity contribution is 0.0211. The topological polar surface area (TPSA) is 94.2 Å². The number of aliphatic hydroxyl groups is 2. The highest BCUT2D eigenvalue weighted by atomic mass is 16.3. The van der Waals surface area contributed by atoms with E-state index < -0.39 is 12.2 Å². The first-order chi connectivity index (χ1) is 7.20. The van der Waals surface area contributed by atoms with Gasteiger partial charge in [0, 0.05) is 23.5 Å². The van der Waals surface area contributed by atoms with Gasteiger partial charge in [0.25, 0.3) is 0 Å². The van der Waals surface area contributed by atoms with Gasteiger partial charge in [-0.1, -0.05) is 0 Å². The predicted molar refractivity (Wildman–Crippen MR) is 50.8 cm³/mol. The summed E-state index contributed by atoms with van der Waals surface area (Å²) in [6.45, 7) is 0. The molecule has 78 valence electrons. The van der Waals surface area contributed by atoms with Gasteiger partial charge in [0.05, 0.1) is 18.6 Å². The first-order valence-electron chi connectivity index (χ1n) is 4.33. The number of hydrogen-bond acceptors (Lipinski definition) is 5. The van der Waals surface area contributed by atoms with E-state index in [2.05, 4.69) is 4.98 Å². The van der Waals surface area contributed by atoms with Crippen LogP contribution < -0.4 is 0 Å². The fraction of sp³-hybridized carbons (Fsp3) is 0.300. The summed E-state index contributed by atoms with van der Waals surface area (Å²) < 4.78 is 0. The van der Waals surface area contributed by atoms with E-state index in [-0.39, 0.29) is 17.5 Å². The lowest BCUT2D eigenvalue weighted by Crippen LogP contribution is -2.19. The molecule has 2 atom stereocenters. The summed E-state index contributed by atoms with van der Waals surface area (Å²) in [5.41, 5.74) is 0.490. The molecule has 0 spiro atoms. The van der Waals surface area contributed by atoms with Crippen molar-refractivity contribution in [1.82, 2.24) is 4.98 Å². The van der Waals surface area contributed by atoms with E-state index in [0.29, 0.717) is 6.29 Å². The third-order valence-electron chi connectivity index (χ3n) is 2.00. The summed E-state index contributed by atoms with van der Waals surface area (Å²) in [5, 5.41) is 27.4. The first kappa shape index (κ1) is 11.3. The second-order valence-corrected chi connectivity index (χ2v) is 3.00. The van der Waals surface area contributed by atoms with Gasteiger partial charge in [-0.15, -0.1) is 0 Å². The Bertz CT molecular complexity index is 386. The summed E-state index contributed by atoms with van der Waals surface area (Å²) in [5.74, 6) is 0. The molecule has 2 N–H and O–H groups in total. The summed E-state index contributed by atoms with van der Waals surface area (Å²) >= 11 is 0. The fourth-order valence-electron chi connectivity index (χ4n) is 1.18. The summed E-state index contributed by atoms with van der Waals surface area (Å²) in [6.07, 6.45) is 0.607. The first-order valence-corrected chi connectivity index (χ1v) is 4.33. The van der Waals surface area contributed by atoms with Crippen LogP contribution in [0.25, 0.3) is 0 Å². The molecule has 0 aliphatic carbocycles. The van der Waals surface area contributed by atoms with Gasteiger partial charge >= 0.3 is 0 Å². The van der Waals surface area contributed by atoms with Gasteiger partial charge in [0.2, 0.25) is 0 Å². The molecule has 0 aromatic carbocycles. The number of carbonyl (C=O) groups is 1. The number of aldehydes is 1. The molecule has 1 rings (SSSR count). The lowest BCUT2D eigenvalue weighted by Gasteiger charge is -2.16. The van der Waals surface area contributed by atoms with E-state index in [9.17, 15) is 15.0 Å². The molecule has 0 radical (unpaired) electrons. The highest BCUT2D eigenvalue weighted by Crippen LogP contribution is 2.20. The second-order valence-electron chi connectivity index (χ2n) is 3.00. The van der Waals surface area contributed by atoms with Crippen molar-refractivity contribution in [2.24, 2.45) is 0 Å². The number of carbonyl (C=O) groups excluding carboxylic acids is 1. The van der Waals surface area contributed by atoms with Crippen LogP contribution in [0.4, 0.5) is 0 Å². The van der Waals surface area contributed by atoms with Crippen molar-refractivity contribution in [3.8, 4) is 6.07 Å². The molecule has 1 aromatic rings. The highest BCUT2D eigenvalue weighted by Gasteiger charge is 2.20. The standard InChI is InChI=1S/C10H10N2O3/c11-3-1-9(14)10(15)8-5-12-4-2-7(8)6-13/h2,4-6,9-10,14-15H,1H2. The van der Waals surface area contributed by atoms with E-state index in [4.69, 9.17) is 5.26 Å². The Morgan fingerprint density at radius 3 is 2.93 bits per heavy atom. The van der Waals surface area contributed by atoms with Crippen LogP contribution in [-0.2, 0) is 0 Å². The number of aliphatic hydroxyl groups excluding tert-OH is 2. The van der Waals surface area contributed by atoms with Gasteiger partial charge in [0.15, 0.2) is 6.29 Å². The van der Waals surface area contributed by atoms with Crippen LogP contribution in [0, 0.1) is 11.3 Å². The molecule has 0 saturated carbocycles. The number of hydrogen-bond donors (Lipinski definition) is 2. The number of nitriles is 1. The highest BCUT2D eigenvalue weighted by molar-refractivity contribution is 5.77. The molecule has 0 fully saturated rings. The Morgan fingerprint density at radius 1 is 1.60 bits per heavy atom. The largest absolute Gasteiger partial charge is 0.389 e. The molecule has 2 unspecified atom stereocenters. The molecule has 0 aliphatic heterocycles. The SMILES string of the molecule is N#CCC(O)C(O)c1cnccc1C=O. The predicted octanol–water partition coefficient (Wildman–Crippen LogP) is 0.202. The van der Waals surface area contributed by atoms with Gasteiger partial charge in [-0.3, -0.25) is 9.78 Å². The molecule has 0 aliphatic rings. The zero-order valence-electron chi connectivity index (χ0n) is 7.87. The summed E-state index contributed by atoms with van der Waals surface area (Å²) in [6, 6.07) is 3.17. The van der Waals surface area contributed by atoms with Gasteiger partial charge in [0.1, 0.15) is 6.10 Å².